The summed E-state index contributed by atoms with van der Waals surface area (Å²) in [5.41, 5.74) is 1.69. The number of benzene rings is 1. The van der Waals surface area contributed by atoms with Gasteiger partial charge in [-0.1, -0.05) is 44.2 Å². The molecule has 1 aromatic rings. The molecule has 3 rings (SSSR count). The van der Waals surface area contributed by atoms with E-state index < -0.39 is 0 Å². The minimum absolute atomic E-state index is 0.417. The summed E-state index contributed by atoms with van der Waals surface area (Å²) in [5.74, 6) is 1.54. The second kappa shape index (κ2) is 7.33. The van der Waals surface area contributed by atoms with E-state index in [1.807, 2.05) is 0 Å². The lowest BCUT2D eigenvalue weighted by Crippen LogP contribution is -2.54. The molecular weight excluding hydrogens is 284 g/mol. The van der Waals surface area contributed by atoms with E-state index in [4.69, 9.17) is 4.74 Å². The second-order valence-corrected chi connectivity index (χ2v) is 8.06. The highest BCUT2D eigenvalue weighted by Crippen LogP contribution is 2.51. The van der Waals surface area contributed by atoms with Crippen LogP contribution in [0.2, 0.25) is 0 Å². The van der Waals surface area contributed by atoms with Crippen LogP contribution in [0.3, 0.4) is 0 Å². The van der Waals surface area contributed by atoms with Gasteiger partial charge in [0, 0.05) is 32.7 Å². The largest absolute Gasteiger partial charge is 0.376 e. The number of likely N-dealkylation sites (N-methyl/N-ethyl adjacent to an activating group) is 1. The Kier molecular flexibility index (Phi) is 5.40. The minimum Gasteiger partial charge on any atom is -0.376 e. The molecule has 1 heterocycles. The number of hydrogen-bond acceptors (Lipinski definition) is 3. The highest BCUT2D eigenvalue weighted by molar-refractivity contribution is 5.13. The first-order valence-corrected chi connectivity index (χ1v) is 9.08. The summed E-state index contributed by atoms with van der Waals surface area (Å²) in [5, 5.41) is 0. The SMILES string of the molecule is CN1CCN(C[C@@H]2C[C@H](COCc3ccccc3)C2(C)C)CC1. The van der Waals surface area contributed by atoms with Crippen LogP contribution in [-0.4, -0.2) is 56.2 Å². The molecule has 1 aliphatic heterocycles. The van der Waals surface area contributed by atoms with Gasteiger partial charge in [-0.25, -0.2) is 0 Å². The van der Waals surface area contributed by atoms with E-state index in [2.05, 4.69) is 61.0 Å². The predicted molar refractivity (Wildman–Crippen MR) is 95.4 cm³/mol. The van der Waals surface area contributed by atoms with Crippen LogP contribution >= 0.6 is 0 Å². The normalized spacial score (nSPS) is 28.5. The molecule has 128 valence electrons. The molecule has 0 unspecified atom stereocenters. The predicted octanol–water partition coefficient (Wildman–Crippen LogP) is 3.11. The number of rotatable bonds is 6. The Bertz CT molecular complexity index is 480. The molecule has 0 bridgehead atoms. The first kappa shape index (κ1) is 16.9. The average molecular weight is 316 g/mol. The molecule has 1 aliphatic carbocycles. The third-order valence-corrected chi connectivity index (χ3v) is 6.18. The Balaban J connectivity index is 1.40. The summed E-state index contributed by atoms with van der Waals surface area (Å²) in [7, 11) is 2.23. The highest BCUT2D eigenvalue weighted by Gasteiger charge is 2.48. The van der Waals surface area contributed by atoms with Gasteiger partial charge < -0.3 is 14.5 Å². The van der Waals surface area contributed by atoms with E-state index in [1.165, 1.54) is 44.7 Å². The topological polar surface area (TPSA) is 15.7 Å². The first-order chi connectivity index (χ1) is 11.1. The van der Waals surface area contributed by atoms with Crippen molar-refractivity contribution in [1.29, 1.82) is 0 Å². The van der Waals surface area contributed by atoms with Gasteiger partial charge in [-0.15, -0.1) is 0 Å². The van der Waals surface area contributed by atoms with Gasteiger partial charge in [0.15, 0.2) is 0 Å². The molecular formula is C20H32N2O. The van der Waals surface area contributed by atoms with Gasteiger partial charge in [-0.3, -0.25) is 0 Å². The Labute approximate surface area is 141 Å². The molecule has 0 aromatic heterocycles. The minimum atomic E-state index is 0.417. The van der Waals surface area contributed by atoms with Gasteiger partial charge in [0.2, 0.25) is 0 Å². The van der Waals surface area contributed by atoms with Crippen LogP contribution in [0.1, 0.15) is 25.8 Å². The Hall–Kier alpha value is -0.900. The number of piperazine rings is 1. The Morgan fingerprint density at radius 2 is 1.74 bits per heavy atom. The lowest BCUT2D eigenvalue weighted by Gasteiger charge is -2.54. The van der Waals surface area contributed by atoms with Crippen molar-refractivity contribution in [2.24, 2.45) is 17.3 Å². The van der Waals surface area contributed by atoms with Gasteiger partial charge in [-0.2, -0.15) is 0 Å². The fraction of sp³-hybridized carbons (Fsp3) is 0.700. The van der Waals surface area contributed by atoms with Gasteiger partial charge in [0.25, 0.3) is 0 Å². The quantitative estimate of drug-likeness (QED) is 0.802. The van der Waals surface area contributed by atoms with Crippen LogP contribution < -0.4 is 0 Å². The maximum atomic E-state index is 5.99. The van der Waals surface area contributed by atoms with Crippen molar-refractivity contribution in [2.75, 3.05) is 46.4 Å². The number of ether oxygens (including phenoxy) is 1. The Morgan fingerprint density at radius 3 is 2.39 bits per heavy atom. The average Bonchev–Trinajstić information content (AvgIpc) is 2.56. The monoisotopic (exact) mass is 316 g/mol. The summed E-state index contributed by atoms with van der Waals surface area (Å²) in [6.07, 6.45) is 1.33. The molecule has 1 saturated heterocycles. The molecule has 0 N–H and O–H groups in total. The summed E-state index contributed by atoms with van der Waals surface area (Å²) in [6, 6.07) is 10.5. The van der Waals surface area contributed by atoms with E-state index in [0.717, 1.165) is 19.1 Å². The standard InChI is InChI=1S/C20H32N2O/c1-20(2)18(14-22-11-9-21(3)10-12-22)13-19(20)16-23-15-17-7-5-4-6-8-17/h4-8,18-19H,9-16H2,1-3H3/t18-,19+/m0/s1. The third-order valence-electron chi connectivity index (χ3n) is 6.18. The number of hydrogen-bond donors (Lipinski definition) is 0. The molecule has 23 heavy (non-hydrogen) atoms. The maximum absolute atomic E-state index is 5.99. The molecule has 0 amide bonds. The van der Waals surface area contributed by atoms with E-state index in [9.17, 15) is 0 Å². The van der Waals surface area contributed by atoms with Crippen molar-refractivity contribution in [3.63, 3.8) is 0 Å². The summed E-state index contributed by atoms with van der Waals surface area (Å²) >= 11 is 0. The lowest BCUT2D eigenvalue weighted by molar-refractivity contribution is -0.0882. The van der Waals surface area contributed by atoms with E-state index >= 15 is 0 Å². The van der Waals surface area contributed by atoms with Crippen molar-refractivity contribution < 1.29 is 4.74 Å². The van der Waals surface area contributed by atoms with Gasteiger partial charge in [-0.05, 0) is 36.3 Å². The molecule has 1 saturated carbocycles. The van der Waals surface area contributed by atoms with E-state index in [1.54, 1.807) is 0 Å². The Morgan fingerprint density at radius 1 is 1.04 bits per heavy atom. The smallest absolute Gasteiger partial charge is 0.0717 e. The van der Waals surface area contributed by atoms with Crippen LogP contribution in [-0.2, 0) is 11.3 Å². The van der Waals surface area contributed by atoms with Gasteiger partial charge in [0.1, 0.15) is 0 Å². The zero-order valence-corrected chi connectivity index (χ0v) is 15.0. The third kappa shape index (κ3) is 4.14. The fourth-order valence-corrected chi connectivity index (χ4v) is 3.95. The molecule has 3 heteroatoms. The van der Waals surface area contributed by atoms with Crippen LogP contribution in [0.4, 0.5) is 0 Å². The molecule has 0 spiro atoms. The summed E-state index contributed by atoms with van der Waals surface area (Å²) < 4.78 is 5.99. The van der Waals surface area contributed by atoms with Crippen molar-refractivity contribution in [3.05, 3.63) is 35.9 Å². The van der Waals surface area contributed by atoms with Crippen molar-refractivity contribution in [3.8, 4) is 0 Å². The molecule has 1 aromatic carbocycles. The highest BCUT2D eigenvalue weighted by atomic mass is 16.5. The van der Waals surface area contributed by atoms with E-state index in [0.29, 0.717) is 11.3 Å². The molecule has 3 nitrogen and oxygen atoms in total. The lowest BCUT2D eigenvalue weighted by atomic mass is 9.55. The van der Waals surface area contributed by atoms with E-state index in [-0.39, 0.29) is 0 Å². The molecule has 2 aliphatic rings. The summed E-state index contributed by atoms with van der Waals surface area (Å²) in [4.78, 5) is 5.09. The van der Waals surface area contributed by atoms with Crippen LogP contribution in [0, 0.1) is 17.3 Å². The molecule has 0 radical (unpaired) electrons. The maximum Gasteiger partial charge on any atom is 0.0717 e. The zero-order valence-electron chi connectivity index (χ0n) is 15.0. The van der Waals surface area contributed by atoms with Gasteiger partial charge in [0.05, 0.1) is 13.2 Å². The second-order valence-electron chi connectivity index (χ2n) is 8.06. The van der Waals surface area contributed by atoms with Crippen LogP contribution in [0.5, 0.6) is 0 Å². The summed E-state index contributed by atoms with van der Waals surface area (Å²) in [6.45, 7) is 12.7. The van der Waals surface area contributed by atoms with Gasteiger partial charge >= 0.3 is 0 Å². The number of nitrogens with zero attached hydrogens (tertiary/aromatic N) is 2. The van der Waals surface area contributed by atoms with Crippen molar-refractivity contribution in [2.45, 2.75) is 26.9 Å². The first-order valence-electron chi connectivity index (χ1n) is 9.08. The van der Waals surface area contributed by atoms with Crippen molar-refractivity contribution in [1.82, 2.24) is 9.80 Å². The molecule has 2 atom stereocenters. The zero-order chi connectivity index (χ0) is 16.3. The van der Waals surface area contributed by atoms with Crippen LogP contribution in [0.25, 0.3) is 0 Å². The molecule has 2 fully saturated rings. The van der Waals surface area contributed by atoms with Crippen molar-refractivity contribution >= 4 is 0 Å². The fourth-order valence-electron chi connectivity index (χ4n) is 3.95. The van der Waals surface area contributed by atoms with Crippen LogP contribution in [0.15, 0.2) is 30.3 Å².